The molecule has 0 saturated heterocycles. The lowest BCUT2D eigenvalue weighted by molar-refractivity contribution is -0.138. The summed E-state index contributed by atoms with van der Waals surface area (Å²) in [4.78, 5) is 22.1. The summed E-state index contributed by atoms with van der Waals surface area (Å²) in [5.74, 6) is -0.917. The normalized spacial score (nSPS) is 11.8. The Hall–Kier alpha value is -1.50. The van der Waals surface area contributed by atoms with Crippen LogP contribution in [0.3, 0.4) is 0 Å². The predicted molar refractivity (Wildman–Crippen MR) is 84.4 cm³/mol. The highest BCUT2D eigenvalue weighted by molar-refractivity contribution is 6.35. The van der Waals surface area contributed by atoms with Gasteiger partial charge in [0.1, 0.15) is 11.8 Å². The Morgan fingerprint density at radius 2 is 2.05 bits per heavy atom. The highest BCUT2D eigenvalue weighted by Gasteiger charge is 2.10. The Morgan fingerprint density at radius 3 is 2.68 bits per heavy atom. The maximum Gasteiger partial charge on any atom is 0.320 e. The van der Waals surface area contributed by atoms with Crippen molar-refractivity contribution in [2.75, 3.05) is 13.2 Å². The standard InChI is InChI=1S/C14H18Cl2N2O4/c15-9-4-5-12(10(16)7-9)22-8-13(19)18-6-2-1-3-11(17)14(20)21/h4-5,7,11H,1-3,6,8,17H2,(H,18,19)(H,20,21). The number of nitrogens with two attached hydrogens (primary N) is 1. The Bertz CT molecular complexity index is 526. The minimum Gasteiger partial charge on any atom is -0.482 e. The zero-order valence-corrected chi connectivity index (χ0v) is 13.4. The van der Waals surface area contributed by atoms with E-state index in [1.165, 1.54) is 6.07 Å². The Kier molecular flexibility index (Phi) is 8.01. The second kappa shape index (κ2) is 9.50. The Balaban J connectivity index is 2.17. The fourth-order valence-electron chi connectivity index (χ4n) is 1.63. The summed E-state index contributed by atoms with van der Waals surface area (Å²) in [6, 6.07) is 3.88. The summed E-state index contributed by atoms with van der Waals surface area (Å²) in [6.07, 6.45) is 1.65. The van der Waals surface area contributed by atoms with Crippen LogP contribution in [0.5, 0.6) is 5.75 Å². The topological polar surface area (TPSA) is 102 Å². The Labute approximate surface area is 138 Å². The second-order valence-corrected chi connectivity index (χ2v) is 5.50. The number of carbonyl (C=O) groups excluding carboxylic acids is 1. The highest BCUT2D eigenvalue weighted by atomic mass is 35.5. The van der Waals surface area contributed by atoms with Gasteiger partial charge in [-0.2, -0.15) is 0 Å². The van der Waals surface area contributed by atoms with E-state index >= 15 is 0 Å². The van der Waals surface area contributed by atoms with Crippen LogP contribution in [-0.2, 0) is 9.59 Å². The molecule has 0 aliphatic rings. The molecule has 1 unspecified atom stereocenters. The number of carbonyl (C=O) groups is 2. The van der Waals surface area contributed by atoms with Crippen molar-refractivity contribution in [2.24, 2.45) is 5.73 Å². The lowest BCUT2D eigenvalue weighted by Gasteiger charge is -2.09. The SMILES string of the molecule is NC(CCCCNC(=O)COc1ccc(Cl)cc1Cl)C(=O)O. The molecule has 0 heterocycles. The van der Waals surface area contributed by atoms with Gasteiger partial charge in [-0.25, -0.2) is 0 Å². The first-order valence-corrected chi connectivity index (χ1v) is 7.48. The molecule has 0 spiro atoms. The summed E-state index contributed by atoms with van der Waals surface area (Å²) in [6.45, 7) is 0.277. The van der Waals surface area contributed by atoms with Crippen LogP contribution in [0.1, 0.15) is 19.3 Å². The summed E-state index contributed by atoms with van der Waals surface area (Å²) < 4.78 is 5.28. The number of hydrogen-bond donors (Lipinski definition) is 3. The number of hydrogen-bond acceptors (Lipinski definition) is 4. The average molecular weight is 349 g/mol. The third-order valence-electron chi connectivity index (χ3n) is 2.83. The van der Waals surface area contributed by atoms with E-state index in [1.807, 2.05) is 0 Å². The second-order valence-electron chi connectivity index (χ2n) is 4.65. The fraction of sp³-hybridized carbons (Fsp3) is 0.429. The maximum atomic E-state index is 11.6. The number of rotatable bonds is 9. The van der Waals surface area contributed by atoms with E-state index in [1.54, 1.807) is 12.1 Å². The number of nitrogens with one attached hydrogen (secondary N) is 1. The van der Waals surface area contributed by atoms with Crippen molar-refractivity contribution in [3.8, 4) is 5.75 Å². The molecule has 6 nitrogen and oxygen atoms in total. The molecule has 0 aromatic heterocycles. The largest absolute Gasteiger partial charge is 0.482 e. The van der Waals surface area contributed by atoms with Gasteiger partial charge >= 0.3 is 5.97 Å². The fourth-order valence-corrected chi connectivity index (χ4v) is 2.09. The molecular weight excluding hydrogens is 331 g/mol. The van der Waals surface area contributed by atoms with Crippen LogP contribution in [0.15, 0.2) is 18.2 Å². The molecule has 4 N–H and O–H groups in total. The van der Waals surface area contributed by atoms with Gasteiger partial charge in [0.15, 0.2) is 6.61 Å². The number of carboxylic acids is 1. The van der Waals surface area contributed by atoms with E-state index in [2.05, 4.69) is 5.32 Å². The van der Waals surface area contributed by atoms with Crippen LogP contribution in [0.25, 0.3) is 0 Å². The van der Waals surface area contributed by atoms with Gasteiger partial charge in [0, 0.05) is 11.6 Å². The average Bonchev–Trinajstić information content (AvgIpc) is 2.45. The molecule has 0 aliphatic heterocycles. The molecular formula is C14H18Cl2N2O4. The van der Waals surface area contributed by atoms with Crippen LogP contribution in [0, 0.1) is 0 Å². The number of halogens is 2. The van der Waals surface area contributed by atoms with Gasteiger partial charge in [0.2, 0.25) is 0 Å². The molecule has 0 saturated carbocycles. The van der Waals surface area contributed by atoms with Gasteiger partial charge in [-0.15, -0.1) is 0 Å². The zero-order chi connectivity index (χ0) is 16.5. The molecule has 0 fully saturated rings. The van der Waals surface area contributed by atoms with Crippen LogP contribution in [0.2, 0.25) is 10.0 Å². The zero-order valence-electron chi connectivity index (χ0n) is 11.9. The Morgan fingerprint density at radius 1 is 1.32 bits per heavy atom. The molecule has 0 radical (unpaired) electrons. The van der Waals surface area contributed by atoms with E-state index in [9.17, 15) is 9.59 Å². The third-order valence-corrected chi connectivity index (χ3v) is 3.36. The van der Waals surface area contributed by atoms with Gasteiger partial charge in [-0.05, 0) is 37.5 Å². The monoisotopic (exact) mass is 348 g/mol. The van der Waals surface area contributed by atoms with Crippen molar-refractivity contribution in [1.29, 1.82) is 0 Å². The van der Waals surface area contributed by atoms with Crippen molar-refractivity contribution >= 4 is 35.1 Å². The molecule has 0 aliphatic carbocycles. The summed E-state index contributed by atoms with van der Waals surface area (Å²) >= 11 is 11.7. The highest BCUT2D eigenvalue weighted by Crippen LogP contribution is 2.27. The van der Waals surface area contributed by atoms with Crippen LogP contribution >= 0.6 is 23.2 Å². The molecule has 1 atom stereocenters. The van der Waals surface area contributed by atoms with Gasteiger partial charge in [0.25, 0.3) is 5.91 Å². The number of carboxylic acid groups (broad SMARTS) is 1. The van der Waals surface area contributed by atoms with Crippen molar-refractivity contribution < 1.29 is 19.4 Å². The molecule has 1 amide bonds. The quantitative estimate of drug-likeness (QED) is 0.593. The van der Waals surface area contributed by atoms with Crippen LogP contribution in [0.4, 0.5) is 0 Å². The molecule has 1 aromatic carbocycles. The molecule has 1 aromatic rings. The van der Waals surface area contributed by atoms with Gasteiger partial charge in [0.05, 0.1) is 5.02 Å². The third kappa shape index (κ3) is 6.98. The number of benzene rings is 1. The van der Waals surface area contributed by atoms with Crippen LogP contribution in [-0.4, -0.2) is 36.2 Å². The van der Waals surface area contributed by atoms with Crippen molar-refractivity contribution in [2.45, 2.75) is 25.3 Å². The van der Waals surface area contributed by atoms with Crippen molar-refractivity contribution in [3.05, 3.63) is 28.2 Å². The number of unbranched alkanes of at least 4 members (excludes halogenated alkanes) is 1. The minimum absolute atomic E-state index is 0.157. The maximum absolute atomic E-state index is 11.6. The van der Waals surface area contributed by atoms with Crippen molar-refractivity contribution in [3.63, 3.8) is 0 Å². The number of ether oxygens (including phenoxy) is 1. The van der Waals surface area contributed by atoms with E-state index < -0.39 is 12.0 Å². The summed E-state index contributed by atoms with van der Waals surface area (Å²) in [7, 11) is 0. The molecule has 122 valence electrons. The lowest BCUT2D eigenvalue weighted by Crippen LogP contribution is -2.31. The first-order valence-electron chi connectivity index (χ1n) is 6.73. The van der Waals surface area contributed by atoms with Crippen LogP contribution < -0.4 is 15.8 Å². The summed E-state index contributed by atoms with van der Waals surface area (Å²) in [5.41, 5.74) is 5.37. The molecule has 0 bridgehead atoms. The van der Waals surface area contributed by atoms with Crippen molar-refractivity contribution in [1.82, 2.24) is 5.32 Å². The summed E-state index contributed by atoms with van der Waals surface area (Å²) in [5, 5.41) is 12.1. The molecule has 1 rings (SSSR count). The van der Waals surface area contributed by atoms with E-state index in [-0.39, 0.29) is 12.5 Å². The van der Waals surface area contributed by atoms with Gasteiger partial charge in [-0.3, -0.25) is 9.59 Å². The lowest BCUT2D eigenvalue weighted by atomic mass is 10.1. The van der Waals surface area contributed by atoms with E-state index in [0.717, 1.165) is 0 Å². The predicted octanol–water partition coefficient (Wildman–Crippen LogP) is 2.07. The molecule has 22 heavy (non-hydrogen) atoms. The minimum atomic E-state index is -1.02. The van der Waals surface area contributed by atoms with Gasteiger partial charge in [-0.1, -0.05) is 23.2 Å². The number of amides is 1. The first kappa shape index (κ1) is 18.5. The molecule has 8 heteroatoms. The number of aliphatic carboxylic acids is 1. The van der Waals surface area contributed by atoms with E-state index in [0.29, 0.717) is 41.6 Å². The van der Waals surface area contributed by atoms with Gasteiger partial charge < -0.3 is 20.9 Å². The smallest absolute Gasteiger partial charge is 0.320 e. The van der Waals surface area contributed by atoms with E-state index in [4.69, 9.17) is 38.8 Å². The first-order chi connectivity index (χ1) is 10.4.